The number of Topliss-reactive ketones (excluding diaryl/α,β-unsaturated/α-hetero) is 1. The molecule has 1 heterocycles. The standard InChI is InChI=1S/C18H21N3O3/c1-11(22)12-3-5-13(6-4-12)18(24)20-17(14-7-16(23)8-14)15-9-19-21(2)10-15/h3-6,9-10,14,16-17,23H,7-8H2,1-2H3,(H,20,24). The third-order valence-electron chi connectivity index (χ3n) is 4.55. The van der Waals surface area contributed by atoms with Gasteiger partial charge in [0.25, 0.3) is 5.91 Å². The molecule has 0 spiro atoms. The number of nitrogens with one attached hydrogen (secondary N) is 1. The van der Waals surface area contributed by atoms with Crippen LogP contribution in [0.3, 0.4) is 0 Å². The van der Waals surface area contributed by atoms with Crippen LogP contribution in [0.25, 0.3) is 0 Å². The molecule has 1 saturated carbocycles. The molecule has 1 aliphatic rings. The van der Waals surface area contributed by atoms with Crippen molar-refractivity contribution in [1.29, 1.82) is 0 Å². The number of hydrogen-bond acceptors (Lipinski definition) is 4. The number of aromatic nitrogens is 2. The van der Waals surface area contributed by atoms with Crippen molar-refractivity contribution in [3.8, 4) is 0 Å². The maximum absolute atomic E-state index is 12.6. The van der Waals surface area contributed by atoms with Gasteiger partial charge in [-0.25, -0.2) is 0 Å². The van der Waals surface area contributed by atoms with Gasteiger partial charge in [-0.3, -0.25) is 14.3 Å². The predicted molar refractivity (Wildman–Crippen MR) is 88.6 cm³/mol. The van der Waals surface area contributed by atoms with E-state index in [1.54, 1.807) is 35.1 Å². The van der Waals surface area contributed by atoms with Crippen molar-refractivity contribution in [2.45, 2.75) is 31.9 Å². The van der Waals surface area contributed by atoms with Crippen LogP contribution in [0.4, 0.5) is 0 Å². The van der Waals surface area contributed by atoms with E-state index in [9.17, 15) is 14.7 Å². The molecule has 0 saturated heterocycles. The van der Waals surface area contributed by atoms with Crippen molar-refractivity contribution in [3.05, 3.63) is 53.3 Å². The summed E-state index contributed by atoms with van der Waals surface area (Å²) >= 11 is 0. The number of rotatable bonds is 5. The third-order valence-corrected chi connectivity index (χ3v) is 4.55. The van der Waals surface area contributed by atoms with E-state index in [0.29, 0.717) is 24.0 Å². The van der Waals surface area contributed by atoms with E-state index >= 15 is 0 Å². The number of benzene rings is 1. The van der Waals surface area contributed by atoms with Crippen molar-refractivity contribution in [1.82, 2.24) is 15.1 Å². The first-order valence-electron chi connectivity index (χ1n) is 8.02. The Kier molecular flexibility index (Phi) is 4.49. The van der Waals surface area contributed by atoms with Gasteiger partial charge in [0.1, 0.15) is 0 Å². The van der Waals surface area contributed by atoms with Gasteiger partial charge >= 0.3 is 0 Å². The fourth-order valence-electron chi connectivity index (χ4n) is 3.06. The Morgan fingerprint density at radius 3 is 2.38 bits per heavy atom. The lowest BCUT2D eigenvalue weighted by Crippen LogP contribution is -2.41. The molecule has 0 bridgehead atoms. The molecule has 1 atom stereocenters. The Balaban J connectivity index is 1.76. The van der Waals surface area contributed by atoms with Crippen LogP contribution in [-0.2, 0) is 7.05 Å². The monoisotopic (exact) mass is 327 g/mol. The summed E-state index contributed by atoms with van der Waals surface area (Å²) in [6, 6.07) is 6.44. The lowest BCUT2D eigenvalue weighted by atomic mass is 9.75. The number of ketones is 1. The number of nitrogens with zero attached hydrogens (tertiary/aromatic N) is 2. The number of amides is 1. The molecule has 2 N–H and O–H groups in total. The summed E-state index contributed by atoms with van der Waals surface area (Å²) in [6.07, 6.45) is 4.68. The molecule has 1 fully saturated rings. The Hall–Kier alpha value is -2.47. The van der Waals surface area contributed by atoms with E-state index < -0.39 is 0 Å². The summed E-state index contributed by atoms with van der Waals surface area (Å²) in [4.78, 5) is 23.9. The minimum Gasteiger partial charge on any atom is -0.393 e. The first-order chi connectivity index (χ1) is 11.4. The summed E-state index contributed by atoms with van der Waals surface area (Å²) in [5, 5.41) is 16.8. The second kappa shape index (κ2) is 6.57. The highest BCUT2D eigenvalue weighted by atomic mass is 16.3. The van der Waals surface area contributed by atoms with Gasteiger partial charge in [0.05, 0.1) is 18.3 Å². The second-order valence-corrected chi connectivity index (χ2v) is 6.42. The molecular weight excluding hydrogens is 306 g/mol. The minimum absolute atomic E-state index is 0.0290. The molecule has 126 valence electrons. The number of aliphatic hydroxyl groups excluding tert-OH is 1. The Bertz CT molecular complexity index is 745. The molecule has 6 heteroatoms. The summed E-state index contributed by atoms with van der Waals surface area (Å²) in [7, 11) is 1.83. The highest BCUT2D eigenvalue weighted by Crippen LogP contribution is 2.38. The van der Waals surface area contributed by atoms with Gasteiger partial charge < -0.3 is 10.4 Å². The minimum atomic E-state index is -0.291. The Morgan fingerprint density at radius 1 is 1.25 bits per heavy atom. The lowest BCUT2D eigenvalue weighted by molar-refractivity contribution is 0.0235. The van der Waals surface area contributed by atoms with Crippen LogP contribution in [-0.4, -0.2) is 32.7 Å². The average molecular weight is 327 g/mol. The molecule has 1 aromatic carbocycles. The third kappa shape index (κ3) is 3.38. The van der Waals surface area contributed by atoms with E-state index in [2.05, 4.69) is 10.4 Å². The summed E-state index contributed by atoms with van der Waals surface area (Å²) in [5.41, 5.74) is 2.02. The maximum Gasteiger partial charge on any atom is 0.251 e. The van der Waals surface area contributed by atoms with Crippen molar-refractivity contribution in [2.24, 2.45) is 13.0 Å². The molecule has 24 heavy (non-hydrogen) atoms. The van der Waals surface area contributed by atoms with E-state index in [1.807, 2.05) is 13.2 Å². The van der Waals surface area contributed by atoms with Gasteiger partial charge in [0, 0.05) is 29.9 Å². The summed E-state index contributed by atoms with van der Waals surface area (Å²) in [6.45, 7) is 1.50. The van der Waals surface area contributed by atoms with Crippen molar-refractivity contribution in [2.75, 3.05) is 0 Å². The highest BCUT2D eigenvalue weighted by Gasteiger charge is 2.36. The van der Waals surface area contributed by atoms with Crippen LogP contribution >= 0.6 is 0 Å². The van der Waals surface area contributed by atoms with E-state index in [4.69, 9.17) is 0 Å². The molecule has 3 rings (SSSR count). The SMILES string of the molecule is CC(=O)c1ccc(C(=O)NC(c2cnn(C)c2)C2CC(O)C2)cc1. The molecule has 2 aromatic rings. The summed E-state index contributed by atoms with van der Waals surface area (Å²) < 4.78 is 1.70. The molecule has 1 aromatic heterocycles. The Morgan fingerprint density at radius 2 is 1.88 bits per heavy atom. The zero-order valence-electron chi connectivity index (χ0n) is 13.8. The topological polar surface area (TPSA) is 84.2 Å². The normalized spacial score (nSPS) is 21.0. The van der Waals surface area contributed by atoms with Gasteiger partial charge in [-0.15, -0.1) is 0 Å². The molecule has 0 radical (unpaired) electrons. The van der Waals surface area contributed by atoms with Gasteiger partial charge in [-0.2, -0.15) is 5.10 Å². The van der Waals surface area contributed by atoms with Gasteiger partial charge in [-0.05, 0) is 37.8 Å². The lowest BCUT2D eigenvalue weighted by Gasteiger charge is -2.37. The number of carbonyl (C=O) groups excluding carboxylic acids is 2. The van der Waals surface area contributed by atoms with Gasteiger partial charge in [0.2, 0.25) is 0 Å². The van der Waals surface area contributed by atoms with Crippen molar-refractivity contribution >= 4 is 11.7 Å². The number of carbonyl (C=O) groups is 2. The molecule has 1 aliphatic carbocycles. The van der Waals surface area contributed by atoms with Crippen LogP contribution < -0.4 is 5.32 Å². The Labute approximate surface area is 140 Å². The first-order valence-corrected chi connectivity index (χ1v) is 8.02. The van der Waals surface area contributed by atoms with E-state index in [1.165, 1.54) is 6.92 Å². The largest absolute Gasteiger partial charge is 0.393 e. The van der Waals surface area contributed by atoms with Crippen LogP contribution in [0.1, 0.15) is 52.1 Å². The highest BCUT2D eigenvalue weighted by molar-refractivity contribution is 5.97. The van der Waals surface area contributed by atoms with Crippen LogP contribution in [0, 0.1) is 5.92 Å². The second-order valence-electron chi connectivity index (χ2n) is 6.42. The quantitative estimate of drug-likeness (QED) is 0.821. The van der Waals surface area contributed by atoms with Gasteiger partial charge in [-0.1, -0.05) is 12.1 Å². The van der Waals surface area contributed by atoms with Gasteiger partial charge in [0.15, 0.2) is 5.78 Å². The zero-order chi connectivity index (χ0) is 17.3. The van der Waals surface area contributed by atoms with Crippen LogP contribution in [0.2, 0.25) is 0 Å². The molecular formula is C18H21N3O3. The molecule has 0 aliphatic heterocycles. The van der Waals surface area contributed by atoms with E-state index in [0.717, 1.165) is 5.56 Å². The van der Waals surface area contributed by atoms with E-state index in [-0.39, 0.29) is 29.8 Å². The van der Waals surface area contributed by atoms with Crippen molar-refractivity contribution in [3.63, 3.8) is 0 Å². The number of aliphatic hydroxyl groups is 1. The predicted octanol–water partition coefficient (Wildman–Crippen LogP) is 1.86. The fourth-order valence-corrected chi connectivity index (χ4v) is 3.06. The van der Waals surface area contributed by atoms with Crippen molar-refractivity contribution < 1.29 is 14.7 Å². The summed E-state index contributed by atoms with van der Waals surface area (Å²) in [5.74, 6) is -0.0244. The smallest absolute Gasteiger partial charge is 0.251 e. The number of aryl methyl sites for hydroxylation is 1. The zero-order valence-corrected chi connectivity index (χ0v) is 13.8. The first kappa shape index (κ1) is 16.4. The van der Waals surface area contributed by atoms with Crippen LogP contribution in [0.15, 0.2) is 36.7 Å². The fraction of sp³-hybridized carbons (Fsp3) is 0.389. The van der Waals surface area contributed by atoms with Crippen LogP contribution in [0.5, 0.6) is 0 Å². The molecule has 6 nitrogen and oxygen atoms in total. The molecule has 1 amide bonds. The average Bonchev–Trinajstić information content (AvgIpc) is 2.96. The molecule has 1 unspecified atom stereocenters. The number of hydrogen-bond donors (Lipinski definition) is 2. The maximum atomic E-state index is 12.6.